The van der Waals surface area contributed by atoms with Crippen LogP contribution in [0.4, 0.5) is 5.82 Å². The average molecular weight is 401 g/mol. The summed E-state index contributed by atoms with van der Waals surface area (Å²) < 4.78 is 12.2. The lowest BCUT2D eigenvalue weighted by molar-refractivity contribution is 0.196. The molecule has 3 rings (SSSR count). The number of aromatic nitrogens is 2. The first-order chi connectivity index (χ1) is 14.6. The Kier molecular flexibility index (Phi) is 6.33. The summed E-state index contributed by atoms with van der Waals surface area (Å²) in [4.78, 5) is 0. The van der Waals surface area contributed by atoms with Gasteiger partial charge in [-0.1, -0.05) is 24.3 Å². The maximum absolute atomic E-state index is 9.73. The minimum Gasteiger partial charge on any atom is -0.493 e. The second-order valence-corrected chi connectivity index (χ2v) is 6.12. The number of nitriles is 2. The number of benzene rings is 2. The fourth-order valence-electron chi connectivity index (χ4n) is 2.86. The number of nitrogens with zero attached hydrogens (tertiary/aromatic N) is 4. The van der Waals surface area contributed by atoms with Gasteiger partial charge >= 0.3 is 0 Å². The Morgan fingerprint density at radius 1 is 1.20 bits per heavy atom. The summed E-state index contributed by atoms with van der Waals surface area (Å²) in [6, 6.07) is 18.4. The lowest BCUT2D eigenvalue weighted by Gasteiger charge is -2.10. The molecular weight excluding hydrogens is 382 g/mol. The fourth-order valence-corrected chi connectivity index (χ4v) is 2.86. The van der Waals surface area contributed by atoms with Gasteiger partial charge in [-0.2, -0.15) is 15.6 Å². The second-order valence-electron chi connectivity index (χ2n) is 6.12. The standard InChI is InChI=1S/C22H19N5O3/c1-29-20-12-15(7-8-19(20)30-10-9-28)11-16(13-23)21-18(14-24)22(25)27(26-21)17-5-3-2-4-6-17/h2-8,11-12,28H,9-10,25H2,1H3. The Hall–Kier alpha value is -4.27. The number of hydrogen-bond donors (Lipinski definition) is 2. The number of nitrogen functional groups attached to an aromatic ring is 1. The molecule has 2 aromatic carbocycles. The first-order valence-electron chi connectivity index (χ1n) is 9.00. The van der Waals surface area contributed by atoms with Gasteiger partial charge in [0.1, 0.15) is 35.8 Å². The van der Waals surface area contributed by atoms with E-state index >= 15 is 0 Å². The van der Waals surface area contributed by atoms with Gasteiger partial charge in [0, 0.05) is 0 Å². The van der Waals surface area contributed by atoms with E-state index in [1.54, 1.807) is 36.4 Å². The van der Waals surface area contributed by atoms with Crippen LogP contribution in [0.25, 0.3) is 17.3 Å². The van der Waals surface area contributed by atoms with Crippen molar-refractivity contribution in [2.75, 3.05) is 26.1 Å². The molecule has 0 aliphatic rings. The van der Waals surface area contributed by atoms with Crippen LogP contribution in [0.15, 0.2) is 48.5 Å². The molecule has 0 amide bonds. The summed E-state index contributed by atoms with van der Waals surface area (Å²) >= 11 is 0. The zero-order chi connectivity index (χ0) is 21.5. The third kappa shape index (κ3) is 4.09. The van der Waals surface area contributed by atoms with Gasteiger partial charge in [0.25, 0.3) is 0 Å². The molecule has 8 heteroatoms. The minimum atomic E-state index is -0.119. The summed E-state index contributed by atoms with van der Waals surface area (Å²) in [6.07, 6.45) is 1.59. The van der Waals surface area contributed by atoms with Gasteiger partial charge in [0.15, 0.2) is 11.5 Å². The highest BCUT2D eigenvalue weighted by atomic mass is 16.5. The van der Waals surface area contributed by atoms with Crippen molar-refractivity contribution in [3.8, 4) is 29.3 Å². The van der Waals surface area contributed by atoms with Crippen LogP contribution in [-0.4, -0.2) is 35.2 Å². The molecule has 0 bridgehead atoms. The number of ether oxygens (including phenoxy) is 2. The summed E-state index contributed by atoms with van der Waals surface area (Å²) in [5.74, 6) is 1.08. The zero-order valence-corrected chi connectivity index (χ0v) is 16.2. The first kappa shape index (κ1) is 20.5. The normalized spacial score (nSPS) is 10.9. The SMILES string of the molecule is COc1cc(C=C(C#N)c2nn(-c3ccccc3)c(N)c2C#N)ccc1OCCO. The smallest absolute Gasteiger partial charge is 0.161 e. The molecule has 0 radical (unpaired) electrons. The predicted octanol–water partition coefficient (Wildman–Crippen LogP) is 2.77. The molecule has 1 heterocycles. The monoisotopic (exact) mass is 401 g/mol. The Morgan fingerprint density at radius 3 is 2.60 bits per heavy atom. The van der Waals surface area contributed by atoms with E-state index in [0.717, 1.165) is 0 Å². The summed E-state index contributed by atoms with van der Waals surface area (Å²) in [7, 11) is 1.50. The van der Waals surface area contributed by atoms with Crippen LogP contribution < -0.4 is 15.2 Å². The van der Waals surface area contributed by atoms with E-state index in [9.17, 15) is 10.5 Å². The molecule has 0 saturated heterocycles. The summed E-state index contributed by atoms with van der Waals surface area (Å²) in [5, 5.41) is 32.7. The number of methoxy groups -OCH3 is 1. The molecule has 3 N–H and O–H groups in total. The van der Waals surface area contributed by atoms with Gasteiger partial charge in [0.05, 0.1) is 25.0 Å². The Labute approximate surface area is 173 Å². The highest BCUT2D eigenvalue weighted by Crippen LogP contribution is 2.31. The Bertz CT molecular complexity index is 1150. The highest BCUT2D eigenvalue weighted by Gasteiger charge is 2.20. The third-order valence-corrected chi connectivity index (χ3v) is 4.26. The van der Waals surface area contributed by atoms with Crippen molar-refractivity contribution in [2.45, 2.75) is 0 Å². The maximum Gasteiger partial charge on any atom is 0.161 e. The molecular formula is C22H19N5O3. The number of anilines is 1. The molecule has 0 saturated carbocycles. The molecule has 3 aromatic rings. The summed E-state index contributed by atoms with van der Waals surface area (Å²) in [5.41, 5.74) is 7.96. The Morgan fingerprint density at radius 2 is 1.97 bits per heavy atom. The summed E-state index contributed by atoms with van der Waals surface area (Å²) in [6.45, 7) is 0.0164. The maximum atomic E-state index is 9.73. The van der Waals surface area contributed by atoms with E-state index < -0.39 is 0 Å². The van der Waals surface area contributed by atoms with E-state index in [2.05, 4.69) is 11.2 Å². The molecule has 0 fully saturated rings. The van der Waals surface area contributed by atoms with Crippen molar-refractivity contribution in [1.82, 2.24) is 9.78 Å². The molecule has 1 aromatic heterocycles. The quantitative estimate of drug-likeness (QED) is 0.582. The van der Waals surface area contributed by atoms with Crippen LogP contribution in [0.5, 0.6) is 11.5 Å². The molecule has 0 unspecified atom stereocenters. The van der Waals surface area contributed by atoms with E-state index in [1.807, 2.05) is 24.3 Å². The number of allylic oxidation sites excluding steroid dienone is 1. The molecule has 0 aliphatic heterocycles. The van der Waals surface area contributed by atoms with Gasteiger partial charge in [-0.25, -0.2) is 4.68 Å². The second kappa shape index (κ2) is 9.28. The molecule has 0 spiro atoms. The van der Waals surface area contributed by atoms with Crippen molar-refractivity contribution in [2.24, 2.45) is 0 Å². The lowest BCUT2D eigenvalue weighted by atomic mass is 10.1. The van der Waals surface area contributed by atoms with Crippen molar-refractivity contribution < 1.29 is 14.6 Å². The van der Waals surface area contributed by atoms with Crippen molar-refractivity contribution in [3.05, 3.63) is 65.4 Å². The largest absolute Gasteiger partial charge is 0.493 e. The molecule has 150 valence electrons. The van der Waals surface area contributed by atoms with Crippen molar-refractivity contribution in [1.29, 1.82) is 10.5 Å². The van der Waals surface area contributed by atoms with Gasteiger partial charge in [-0.3, -0.25) is 0 Å². The van der Waals surface area contributed by atoms with Crippen LogP contribution in [0.2, 0.25) is 0 Å². The molecule has 0 atom stereocenters. The highest BCUT2D eigenvalue weighted by molar-refractivity contribution is 5.91. The average Bonchev–Trinajstić information content (AvgIpc) is 3.12. The van der Waals surface area contributed by atoms with Crippen LogP contribution in [0.3, 0.4) is 0 Å². The number of rotatable bonds is 7. The van der Waals surface area contributed by atoms with E-state index in [-0.39, 0.29) is 35.9 Å². The van der Waals surface area contributed by atoms with Crippen molar-refractivity contribution in [3.63, 3.8) is 0 Å². The first-order valence-corrected chi connectivity index (χ1v) is 9.00. The van der Waals surface area contributed by atoms with Gasteiger partial charge < -0.3 is 20.3 Å². The Balaban J connectivity index is 2.06. The number of para-hydroxylation sites is 1. The van der Waals surface area contributed by atoms with Gasteiger partial charge in [-0.05, 0) is 35.9 Å². The van der Waals surface area contributed by atoms with Crippen LogP contribution in [0.1, 0.15) is 16.8 Å². The van der Waals surface area contributed by atoms with Gasteiger partial charge in [-0.15, -0.1) is 0 Å². The van der Waals surface area contributed by atoms with Gasteiger partial charge in [0.2, 0.25) is 0 Å². The zero-order valence-electron chi connectivity index (χ0n) is 16.2. The third-order valence-electron chi connectivity index (χ3n) is 4.26. The molecule has 8 nitrogen and oxygen atoms in total. The number of aliphatic hydroxyl groups excluding tert-OH is 1. The minimum absolute atomic E-state index is 0.119. The van der Waals surface area contributed by atoms with Crippen molar-refractivity contribution >= 4 is 17.5 Å². The molecule has 0 aliphatic carbocycles. The lowest BCUT2D eigenvalue weighted by Crippen LogP contribution is -2.03. The predicted molar refractivity (Wildman–Crippen MR) is 112 cm³/mol. The van der Waals surface area contributed by atoms with Crippen LogP contribution in [-0.2, 0) is 0 Å². The van der Waals surface area contributed by atoms with E-state index in [1.165, 1.54) is 11.8 Å². The fraction of sp³-hybridized carbons (Fsp3) is 0.136. The van der Waals surface area contributed by atoms with Crippen LogP contribution >= 0.6 is 0 Å². The van der Waals surface area contributed by atoms with E-state index in [4.69, 9.17) is 20.3 Å². The number of nitrogens with two attached hydrogens (primary N) is 1. The van der Waals surface area contributed by atoms with Crippen LogP contribution in [0, 0.1) is 22.7 Å². The topological polar surface area (TPSA) is 130 Å². The number of hydrogen-bond acceptors (Lipinski definition) is 7. The number of aliphatic hydroxyl groups is 1. The van der Waals surface area contributed by atoms with E-state index in [0.29, 0.717) is 22.7 Å². The molecule has 30 heavy (non-hydrogen) atoms.